The third-order valence-electron chi connectivity index (χ3n) is 2.88. The number of ether oxygens (including phenoxy) is 3. The number of hydrogen-bond acceptors (Lipinski definition) is 6. The van der Waals surface area contributed by atoms with E-state index in [2.05, 4.69) is 0 Å². The van der Waals surface area contributed by atoms with Crippen molar-refractivity contribution in [3.8, 4) is 0 Å². The maximum atomic E-state index is 11.3. The van der Waals surface area contributed by atoms with Gasteiger partial charge >= 0.3 is 11.9 Å². The SMILES string of the molecule is CC(=O)OC[C@H]1OC=C[C@H](c2ccco2)[C@@H]1OC(C)=O. The Bertz CT molecular complexity index is 490. The summed E-state index contributed by atoms with van der Waals surface area (Å²) >= 11 is 0. The van der Waals surface area contributed by atoms with Gasteiger partial charge in [-0.2, -0.15) is 0 Å². The highest BCUT2D eigenvalue weighted by Crippen LogP contribution is 2.31. The van der Waals surface area contributed by atoms with Crippen LogP contribution in [0.1, 0.15) is 25.5 Å². The second-order valence-electron chi connectivity index (χ2n) is 4.42. The summed E-state index contributed by atoms with van der Waals surface area (Å²) in [6.45, 7) is 2.64. The van der Waals surface area contributed by atoms with E-state index in [9.17, 15) is 9.59 Å². The van der Waals surface area contributed by atoms with E-state index in [1.165, 1.54) is 20.1 Å². The normalized spacial score (nSPS) is 24.8. The van der Waals surface area contributed by atoms with Crippen LogP contribution >= 0.6 is 0 Å². The first-order chi connectivity index (χ1) is 9.58. The van der Waals surface area contributed by atoms with E-state index in [1.807, 2.05) is 0 Å². The number of carbonyl (C=O) groups excluding carboxylic acids is 2. The third-order valence-corrected chi connectivity index (χ3v) is 2.88. The Morgan fingerprint density at radius 3 is 2.70 bits per heavy atom. The highest BCUT2D eigenvalue weighted by molar-refractivity contribution is 5.66. The molecule has 0 saturated carbocycles. The molecule has 0 unspecified atom stereocenters. The summed E-state index contributed by atoms with van der Waals surface area (Å²) in [6.07, 6.45) is 3.62. The topological polar surface area (TPSA) is 75.0 Å². The van der Waals surface area contributed by atoms with Crippen LogP contribution in [0.25, 0.3) is 0 Å². The van der Waals surface area contributed by atoms with Crippen LogP contribution in [0.5, 0.6) is 0 Å². The summed E-state index contributed by atoms with van der Waals surface area (Å²) in [6, 6.07) is 3.55. The van der Waals surface area contributed by atoms with E-state index in [-0.39, 0.29) is 12.5 Å². The molecule has 2 heterocycles. The molecule has 0 fully saturated rings. The van der Waals surface area contributed by atoms with E-state index < -0.39 is 24.1 Å². The first-order valence-electron chi connectivity index (χ1n) is 6.24. The maximum absolute atomic E-state index is 11.3. The third kappa shape index (κ3) is 3.40. The van der Waals surface area contributed by atoms with Gasteiger partial charge in [-0.1, -0.05) is 0 Å². The minimum absolute atomic E-state index is 0.00876. The van der Waals surface area contributed by atoms with E-state index in [0.29, 0.717) is 5.76 Å². The predicted octanol–water partition coefficient (Wildman–Crippen LogP) is 1.77. The zero-order valence-electron chi connectivity index (χ0n) is 11.3. The lowest BCUT2D eigenvalue weighted by Gasteiger charge is -2.32. The highest BCUT2D eigenvalue weighted by atomic mass is 16.6. The Labute approximate surface area is 116 Å². The van der Waals surface area contributed by atoms with E-state index in [4.69, 9.17) is 18.6 Å². The maximum Gasteiger partial charge on any atom is 0.303 e. The smallest absolute Gasteiger partial charge is 0.303 e. The zero-order chi connectivity index (χ0) is 14.5. The summed E-state index contributed by atoms with van der Waals surface area (Å²) in [5, 5.41) is 0. The van der Waals surface area contributed by atoms with Crippen LogP contribution < -0.4 is 0 Å². The van der Waals surface area contributed by atoms with Gasteiger partial charge in [0.2, 0.25) is 0 Å². The van der Waals surface area contributed by atoms with Crippen LogP contribution in [0, 0.1) is 0 Å². The lowest BCUT2D eigenvalue weighted by Crippen LogP contribution is -2.42. The van der Waals surface area contributed by atoms with Gasteiger partial charge in [-0.05, 0) is 18.2 Å². The van der Waals surface area contributed by atoms with Crippen molar-refractivity contribution < 1.29 is 28.2 Å². The Balaban J connectivity index is 2.17. The molecule has 0 spiro atoms. The van der Waals surface area contributed by atoms with Gasteiger partial charge in [0, 0.05) is 13.8 Å². The molecule has 2 rings (SSSR count). The summed E-state index contributed by atoms with van der Waals surface area (Å²) in [4.78, 5) is 22.2. The minimum atomic E-state index is -0.608. The van der Waals surface area contributed by atoms with Crippen LogP contribution in [0.15, 0.2) is 35.2 Å². The first kappa shape index (κ1) is 14.2. The van der Waals surface area contributed by atoms with Gasteiger partial charge in [0.15, 0.2) is 12.2 Å². The molecule has 3 atom stereocenters. The standard InChI is InChI=1S/C14H16O6/c1-9(15)19-8-13-14(20-10(2)16)11(5-7-18-13)12-4-3-6-17-12/h3-7,11,13-14H,8H2,1-2H3/t11-,13-,14+/m1/s1. The van der Waals surface area contributed by atoms with E-state index >= 15 is 0 Å². The molecule has 1 aromatic rings. The number of esters is 2. The average Bonchev–Trinajstić information content (AvgIpc) is 2.90. The molecule has 1 aromatic heterocycles. The van der Waals surface area contributed by atoms with Gasteiger partial charge < -0.3 is 18.6 Å². The van der Waals surface area contributed by atoms with Gasteiger partial charge in [-0.15, -0.1) is 0 Å². The molecule has 6 heteroatoms. The van der Waals surface area contributed by atoms with Crippen LogP contribution in [0.2, 0.25) is 0 Å². The highest BCUT2D eigenvalue weighted by Gasteiger charge is 2.38. The Kier molecular flexibility index (Phi) is 4.45. The summed E-state index contributed by atoms with van der Waals surface area (Å²) < 4.78 is 21.0. The molecule has 0 radical (unpaired) electrons. The van der Waals surface area contributed by atoms with Crippen molar-refractivity contribution >= 4 is 11.9 Å². The second kappa shape index (κ2) is 6.27. The van der Waals surface area contributed by atoms with Crippen molar-refractivity contribution in [1.82, 2.24) is 0 Å². The van der Waals surface area contributed by atoms with Crippen molar-refractivity contribution in [2.24, 2.45) is 0 Å². The molecule has 6 nitrogen and oxygen atoms in total. The fraction of sp³-hybridized carbons (Fsp3) is 0.429. The van der Waals surface area contributed by atoms with Crippen LogP contribution in [-0.2, 0) is 23.8 Å². The van der Waals surface area contributed by atoms with Gasteiger partial charge in [0.25, 0.3) is 0 Å². The molecule has 0 aliphatic carbocycles. The first-order valence-corrected chi connectivity index (χ1v) is 6.24. The van der Waals surface area contributed by atoms with Gasteiger partial charge in [-0.25, -0.2) is 0 Å². The lowest BCUT2D eigenvalue weighted by molar-refractivity contribution is -0.161. The van der Waals surface area contributed by atoms with Gasteiger partial charge in [0.05, 0.1) is 18.4 Å². The van der Waals surface area contributed by atoms with Gasteiger partial charge in [-0.3, -0.25) is 9.59 Å². The number of hydrogen-bond donors (Lipinski definition) is 0. The average molecular weight is 280 g/mol. The molecule has 0 amide bonds. The van der Waals surface area contributed by atoms with E-state index in [0.717, 1.165) is 0 Å². The summed E-state index contributed by atoms with van der Waals surface area (Å²) in [5.74, 6) is -0.468. The molecule has 20 heavy (non-hydrogen) atoms. The molecular formula is C14H16O6. The van der Waals surface area contributed by atoms with Crippen LogP contribution in [-0.4, -0.2) is 30.8 Å². The predicted molar refractivity (Wildman–Crippen MR) is 67.6 cm³/mol. The van der Waals surface area contributed by atoms with Gasteiger partial charge in [0.1, 0.15) is 12.4 Å². The minimum Gasteiger partial charge on any atom is -0.491 e. The zero-order valence-corrected chi connectivity index (χ0v) is 11.3. The second-order valence-corrected chi connectivity index (χ2v) is 4.42. The van der Waals surface area contributed by atoms with Crippen molar-refractivity contribution in [1.29, 1.82) is 0 Å². The molecule has 0 saturated heterocycles. The Morgan fingerprint density at radius 1 is 1.30 bits per heavy atom. The molecule has 108 valence electrons. The van der Waals surface area contributed by atoms with Crippen LogP contribution in [0.4, 0.5) is 0 Å². The van der Waals surface area contributed by atoms with Crippen molar-refractivity contribution in [3.63, 3.8) is 0 Å². The summed E-state index contributed by atoms with van der Waals surface area (Å²) in [7, 11) is 0. The Morgan fingerprint density at radius 2 is 2.10 bits per heavy atom. The largest absolute Gasteiger partial charge is 0.491 e. The monoisotopic (exact) mass is 280 g/mol. The molecule has 0 aromatic carbocycles. The van der Waals surface area contributed by atoms with Crippen molar-refractivity contribution in [2.45, 2.75) is 32.0 Å². The van der Waals surface area contributed by atoms with Crippen molar-refractivity contribution in [2.75, 3.05) is 6.61 Å². The van der Waals surface area contributed by atoms with Crippen molar-refractivity contribution in [3.05, 3.63) is 36.5 Å². The number of rotatable bonds is 4. The fourth-order valence-corrected chi connectivity index (χ4v) is 2.06. The fourth-order valence-electron chi connectivity index (χ4n) is 2.06. The number of furan rings is 1. The molecule has 0 bridgehead atoms. The number of carbonyl (C=O) groups is 2. The molecule has 1 aliphatic rings. The van der Waals surface area contributed by atoms with Crippen LogP contribution in [0.3, 0.4) is 0 Å². The molecular weight excluding hydrogens is 264 g/mol. The quantitative estimate of drug-likeness (QED) is 0.782. The Hall–Kier alpha value is -2.24. The molecule has 1 aliphatic heterocycles. The summed E-state index contributed by atoms with van der Waals surface area (Å²) in [5.41, 5.74) is 0. The lowest BCUT2D eigenvalue weighted by atomic mass is 9.93. The van der Waals surface area contributed by atoms with E-state index in [1.54, 1.807) is 24.5 Å². The molecule has 0 N–H and O–H groups in total.